The number of halogens is 3. The Morgan fingerprint density at radius 3 is 2.41 bits per heavy atom. The number of aromatic carboxylic acids is 1. The number of hydrogen-bond acceptors (Lipinski definition) is 3. The predicted molar refractivity (Wildman–Crippen MR) is 70.8 cm³/mol. The fourth-order valence-electron chi connectivity index (χ4n) is 1.85. The van der Waals surface area contributed by atoms with Crippen LogP contribution in [-0.2, 0) is 12.8 Å². The molecule has 0 aliphatic rings. The van der Waals surface area contributed by atoms with E-state index >= 15 is 0 Å². The Morgan fingerprint density at radius 1 is 1.14 bits per heavy atom. The molecule has 7 heteroatoms. The van der Waals surface area contributed by atoms with Crippen molar-refractivity contribution in [1.29, 1.82) is 0 Å². The molecular formula is C15H11F3O4. The van der Waals surface area contributed by atoms with Crippen molar-refractivity contribution in [2.75, 3.05) is 0 Å². The number of benzene rings is 2. The van der Waals surface area contributed by atoms with E-state index in [0.29, 0.717) is 6.07 Å². The van der Waals surface area contributed by atoms with Gasteiger partial charge in [0.05, 0.1) is 11.1 Å². The summed E-state index contributed by atoms with van der Waals surface area (Å²) in [4.78, 5) is 11.0. The molecular weight excluding hydrogens is 301 g/mol. The number of carbonyl (C=O) groups is 1. The largest absolute Gasteiger partial charge is 0.504 e. The Morgan fingerprint density at radius 2 is 1.82 bits per heavy atom. The Kier molecular flexibility index (Phi) is 4.25. The van der Waals surface area contributed by atoms with Crippen molar-refractivity contribution in [2.24, 2.45) is 0 Å². The highest BCUT2D eigenvalue weighted by Gasteiger charge is 2.35. The molecule has 2 aromatic rings. The van der Waals surface area contributed by atoms with Crippen LogP contribution >= 0.6 is 0 Å². The monoisotopic (exact) mass is 312 g/mol. The van der Waals surface area contributed by atoms with Gasteiger partial charge in [0, 0.05) is 0 Å². The molecule has 0 bridgehead atoms. The second kappa shape index (κ2) is 5.97. The van der Waals surface area contributed by atoms with E-state index in [-0.39, 0.29) is 23.7 Å². The SMILES string of the molecule is O=C(O)c1cc(COc2ccccc2O)ccc1C(F)(F)F. The highest BCUT2D eigenvalue weighted by Crippen LogP contribution is 2.33. The van der Waals surface area contributed by atoms with Gasteiger partial charge in [-0.25, -0.2) is 4.79 Å². The quantitative estimate of drug-likeness (QED) is 0.903. The van der Waals surface area contributed by atoms with E-state index in [9.17, 15) is 23.1 Å². The summed E-state index contributed by atoms with van der Waals surface area (Å²) in [6.07, 6.45) is -4.75. The highest BCUT2D eigenvalue weighted by molar-refractivity contribution is 5.89. The fourth-order valence-corrected chi connectivity index (χ4v) is 1.85. The van der Waals surface area contributed by atoms with Crippen LogP contribution in [0.25, 0.3) is 0 Å². The van der Waals surface area contributed by atoms with Crippen LogP contribution in [0.3, 0.4) is 0 Å². The highest BCUT2D eigenvalue weighted by atomic mass is 19.4. The fraction of sp³-hybridized carbons (Fsp3) is 0.133. The Bertz CT molecular complexity index is 695. The van der Waals surface area contributed by atoms with E-state index < -0.39 is 23.3 Å². The minimum Gasteiger partial charge on any atom is -0.504 e. The second-order valence-corrected chi connectivity index (χ2v) is 4.44. The zero-order valence-electron chi connectivity index (χ0n) is 11.1. The van der Waals surface area contributed by atoms with E-state index in [4.69, 9.17) is 9.84 Å². The van der Waals surface area contributed by atoms with Crippen molar-refractivity contribution in [2.45, 2.75) is 12.8 Å². The van der Waals surface area contributed by atoms with E-state index in [2.05, 4.69) is 0 Å². The van der Waals surface area contributed by atoms with Crippen LogP contribution < -0.4 is 4.74 Å². The average molecular weight is 312 g/mol. The zero-order valence-corrected chi connectivity index (χ0v) is 11.1. The molecule has 0 unspecified atom stereocenters. The van der Waals surface area contributed by atoms with Crippen molar-refractivity contribution in [1.82, 2.24) is 0 Å². The predicted octanol–water partition coefficient (Wildman–Crippen LogP) is 3.69. The molecule has 0 aromatic heterocycles. The smallest absolute Gasteiger partial charge is 0.417 e. The van der Waals surface area contributed by atoms with Crippen molar-refractivity contribution in [3.05, 3.63) is 59.2 Å². The molecule has 0 aliphatic heterocycles. The summed E-state index contributed by atoms with van der Waals surface area (Å²) in [6.45, 7) is -0.171. The number of rotatable bonds is 4. The molecule has 2 aromatic carbocycles. The third kappa shape index (κ3) is 3.49. The van der Waals surface area contributed by atoms with Crippen LogP contribution in [0.1, 0.15) is 21.5 Å². The van der Waals surface area contributed by atoms with Crippen molar-refractivity contribution in [3.63, 3.8) is 0 Å². The Balaban J connectivity index is 2.25. The lowest BCUT2D eigenvalue weighted by molar-refractivity contribution is -0.138. The van der Waals surface area contributed by atoms with Crippen molar-refractivity contribution < 1.29 is 32.9 Å². The number of aromatic hydroxyl groups is 1. The third-order valence-corrected chi connectivity index (χ3v) is 2.88. The van der Waals surface area contributed by atoms with E-state index in [1.165, 1.54) is 12.1 Å². The summed E-state index contributed by atoms with van der Waals surface area (Å²) in [7, 11) is 0. The van der Waals surface area contributed by atoms with Gasteiger partial charge in [0.2, 0.25) is 0 Å². The van der Waals surface area contributed by atoms with Gasteiger partial charge >= 0.3 is 12.1 Å². The lowest BCUT2D eigenvalue weighted by atomic mass is 10.0. The van der Waals surface area contributed by atoms with Crippen LogP contribution in [-0.4, -0.2) is 16.2 Å². The van der Waals surface area contributed by atoms with Crippen LogP contribution in [0, 0.1) is 0 Å². The molecule has 0 aliphatic carbocycles. The number of phenolic OH excluding ortho intramolecular Hbond substituents is 1. The lowest BCUT2D eigenvalue weighted by Gasteiger charge is -2.12. The van der Waals surface area contributed by atoms with Crippen LogP contribution in [0.2, 0.25) is 0 Å². The zero-order chi connectivity index (χ0) is 16.3. The lowest BCUT2D eigenvalue weighted by Crippen LogP contribution is -2.13. The minimum absolute atomic E-state index is 0.118. The maximum absolute atomic E-state index is 12.7. The average Bonchev–Trinajstić information content (AvgIpc) is 2.45. The molecule has 2 rings (SSSR count). The van der Waals surface area contributed by atoms with Crippen molar-refractivity contribution >= 4 is 5.97 Å². The second-order valence-electron chi connectivity index (χ2n) is 4.44. The molecule has 0 heterocycles. The summed E-state index contributed by atoms with van der Waals surface area (Å²) >= 11 is 0. The van der Waals surface area contributed by atoms with Gasteiger partial charge in [0.15, 0.2) is 11.5 Å². The van der Waals surface area contributed by atoms with E-state index in [1.807, 2.05) is 0 Å². The minimum atomic E-state index is -4.75. The van der Waals surface area contributed by atoms with Gasteiger partial charge in [-0.05, 0) is 29.8 Å². The molecule has 0 saturated carbocycles. The first-order valence-corrected chi connectivity index (χ1v) is 6.13. The Hall–Kier alpha value is -2.70. The number of carboxylic acid groups (broad SMARTS) is 1. The number of alkyl halides is 3. The van der Waals surface area contributed by atoms with E-state index in [1.54, 1.807) is 12.1 Å². The van der Waals surface area contributed by atoms with Gasteiger partial charge in [0.25, 0.3) is 0 Å². The van der Waals surface area contributed by atoms with Crippen LogP contribution in [0.5, 0.6) is 11.5 Å². The summed E-state index contributed by atoms with van der Waals surface area (Å²) in [5, 5.41) is 18.4. The first-order chi connectivity index (χ1) is 10.3. The van der Waals surface area contributed by atoms with Gasteiger partial charge < -0.3 is 14.9 Å². The standard InChI is InChI=1S/C15H11F3O4/c16-15(17,18)11-6-5-9(7-10(11)14(20)21)8-22-13-4-2-1-3-12(13)19/h1-7,19H,8H2,(H,20,21). The first kappa shape index (κ1) is 15.7. The normalized spacial score (nSPS) is 11.2. The number of hydrogen-bond donors (Lipinski definition) is 2. The van der Waals surface area contributed by atoms with Gasteiger partial charge in [-0.1, -0.05) is 18.2 Å². The van der Waals surface area contributed by atoms with Gasteiger partial charge in [-0.3, -0.25) is 0 Å². The molecule has 116 valence electrons. The van der Waals surface area contributed by atoms with Crippen LogP contribution in [0.4, 0.5) is 13.2 Å². The van der Waals surface area contributed by atoms with Crippen LogP contribution in [0.15, 0.2) is 42.5 Å². The number of carboxylic acids is 1. The molecule has 0 spiro atoms. The summed E-state index contributed by atoms with van der Waals surface area (Å²) in [5.74, 6) is -1.64. The molecule has 22 heavy (non-hydrogen) atoms. The third-order valence-electron chi connectivity index (χ3n) is 2.88. The number of ether oxygens (including phenoxy) is 1. The molecule has 0 fully saturated rings. The van der Waals surface area contributed by atoms with Gasteiger partial charge in [-0.15, -0.1) is 0 Å². The number of para-hydroxylation sites is 2. The summed E-state index contributed by atoms with van der Waals surface area (Å²) in [5.41, 5.74) is -1.81. The molecule has 0 radical (unpaired) electrons. The maximum atomic E-state index is 12.7. The molecule has 0 atom stereocenters. The van der Waals surface area contributed by atoms with Crippen molar-refractivity contribution in [3.8, 4) is 11.5 Å². The molecule has 0 amide bonds. The van der Waals surface area contributed by atoms with E-state index in [0.717, 1.165) is 12.1 Å². The first-order valence-electron chi connectivity index (χ1n) is 6.13. The molecule has 2 N–H and O–H groups in total. The Labute approximate surface area is 123 Å². The topological polar surface area (TPSA) is 66.8 Å². The summed E-state index contributed by atoms with van der Waals surface area (Å²) in [6, 6.07) is 8.82. The van der Waals surface area contributed by atoms with Gasteiger partial charge in [0.1, 0.15) is 6.61 Å². The number of phenols is 1. The maximum Gasteiger partial charge on any atom is 0.417 e. The molecule has 0 saturated heterocycles. The molecule has 4 nitrogen and oxygen atoms in total. The van der Waals surface area contributed by atoms with Gasteiger partial charge in [-0.2, -0.15) is 13.2 Å². The summed E-state index contributed by atoms with van der Waals surface area (Å²) < 4.78 is 43.4.